The normalized spacial score (nSPS) is 10.2. The van der Waals surface area contributed by atoms with Crippen molar-refractivity contribution in [2.24, 2.45) is 0 Å². The van der Waals surface area contributed by atoms with E-state index in [4.69, 9.17) is 10.5 Å². The molecule has 0 aliphatic heterocycles. The molecule has 0 spiro atoms. The van der Waals surface area contributed by atoms with Crippen molar-refractivity contribution in [2.45, 2.75) is 13.5 Å². The molecule has 0 saturated heterocycles. The Morgan fingerprint density at radius 3 is 2.16 bits per heavy atom. The van der Waals surface area contributed by atoms with Crippen molar-refractivity contribution in [3.8, 4) is 5.75 Å². The van der Waals surface area contributed by atoms with E-state index < -0.39 is 0 Å². The van der Waals surface area contributed by atoms with Crippen LogP contribution in [0.15, 0.2) is 48.5 Å². The van der Waals surface area contributed by atoms with Gasteiger partial charge in [0.25, 0.3) is 0 Å². The van der Waals surface area contributed by atoms with Crippen LogP contribution >= 0.6 is 0 Å². The van der Waals surface area contributed by atoms with Crippen LogP contribution in [0.5, 0.6) is 5.75 Å². The first-order valence-electron chi connectivity index (χ1n) is 6.46. The fourth-order valence-corrected chi connectivity index (χ4v) is 2.02. The van der Waals surface area contributed by atoms with E-state index >= 15 is 0 Å². The van der Waals surface area contributed by atoms with E-state index in [-0.39, 0.29) is 0 Å². The Labute approximate surface area is 114 Å². The fraction of sp³-hybridized carbons (Fsp3) is 0.250. The van der Waals surface area contributed by atoms with Crippen LogP contribution < -0.4 is 15.4 Å². The fourth-order valence-electron chi connectivity index (χ4n) is 2.02. The summed E-state index contributed by atoms with van der Waals surface area (Å²) < 4.78 is 5.17. The molecule has 0 atom stereocenters. The topological polar surface area (TPSA) is 38.5 Å². The van der Waals surface area contributed by atoms with Gasteiger partial charge in [-0.15, -0.1) is 0 Å². The van der Waals surface area contributed by atoms with Gasteiger partial charge >= 0.3 is 0 Å². The molecule has 2 aromatic carbocycles. The number of nitrogens with zero attached hydrogens (tertiary/aromatic N) is 1. The van der Waals surface area contributed by atoms with E-state index in [1.54, 1.807) is 7.11 Å². The Hall–Kier alpha value is -2.16. The average Bonchev–Trinajstić information content (AvgIpc) is 2.46. The molecule has 0 heterocycles. The van der Waals surface area contributed by atoms with Crippen molar-refractivity contribution in [1.29, 1.82) is 0 Å². The molecule has 0 fully saturated rings. The molecule has 0 aliphatic rings. The first-order valence-corrected chi connectivity index (χ1v) is 6.46. The van der Waals surface area contributed by atoms with E-state index in [2.05, 4.69) is 36.1 Å². The minimum atomic E-state index is 0.796. The van der Waals surface area contributed by atoms with Crippen molar-refractivity contribution in [1.82, 2.24) is 0 Å². The zero-order chi connectivity index (χ0) is 13.7. The summed E-state index contributed by atoms with van der Waals surface area (Å²) in [5.41, 5.74) is 8.97. The van der Waals surface area contributed by atoms with Gasteiger partial charge in [-0.25, -0.2) is 0 Å². The number of anilines is 2. The number of nitrogen functional groups attached to an aromatic ring is 1. The summed E-state index contributed by atoms with van der Waals surface area (Å²) in [6.07, 6.45) is 0. The highest BCUT2D eigenvalue weighted by Crippen LogP contribution is 2.20. The molecule has 100 valence electrons. The molecule has 0 radical (unpaired) electrons. The molecule has 3 nitrogen and oxygen atoms in total. The van der Waals surface area contributed by atoms with Crippen LogP contribution in [0, 0.1) is 0 Å². The van der Waals surface area contributed by atoms with Crippen LogP contribution in [-0.4, -0.2) is 13.7 Å². The Balaban J connectivity index is 2.11. The van der Waals surface area contributed by atoms with Gasteiger partial charge in [-0.2, -0.15) is 0 Å². The molecule has 2 rings (SSSR count). The van der Waals surface area contributed by atoms with Crippen LogP contribution in [-0.2, 0) is 6.54 Å². The second-order valence-corrected chi connectivity index (χ2v) is 4.45. The number of hydrogen-bond acceptors (Lipinski definition) is 3. The first-order chi connectivity index (χ1) is 9.22. The smallest absolute Gasteiger partial charge is 0.118 e. The molecule has 0 saturated carbocycles. The number of methoxy groups -OCH3 is 1. The molecule has 0 amide bonds. The molecule has 3 heteroatoms. The highest BCUT2D eigenvalue weighted by Gasteiger charge is 2.05. The molecule has 2 aromatic rings. The van der Waals surface area contributed by atoms with E-state index in [1.165, 1.54) is 11.3 Å². The molecule has 0 aliphatic carbocycles. The number of nitrogens with two attached hydrogens (primary N) is 1. The quantitative estimate of drug-likeness (QED) is 0.834. The summed E-state index contributed by atoms with van der Waals surface area (Å²) in [5, 5.41) is 0. The summed E-state index contributed by atoms with van der Waals surface area (Å²) in [6, 6.07) is 16.2. The molecule has 2 N–H and O–H groups in total. The van der Waals surface area contributed by atoms with E-state index in [1.807, 2.05) is 24.3 Å². The van der Waals surface area contributed by atoms with Crippen molar-refractivity contribution in [2.75, 3.05) is 24.3 Å². The molecular weight excluding hydrogens is 236 g/mol. The Bertz CT molecular complexity index is 505. The third-order valence-electron chi connectivity index (χ3n) is 3.17. The van der Waals surface area contributed by atoms with Gasteiger partial charge in [0.05, 0.1) is 7.11 Å². The van der Waals surface area contributed by atoms with Gasteiger partial charge < -0.3 is 15.4 Å². The van der Waals surface area contributed by atoms with Crippen molar-refractivity contribution >= 4 is 11.4 Å². The highest BCUT2D eigenvalue weighted by molar-refractivity contribution is 5.53. The van der Waals surface area contributed by atoms with Gasteiger partial charge in [0.2, 0.25) is 0 Å². The summed E-state index contributed by atoms with van der Waals surface area (Å²) in [7, 11) is 1.68. The average molecular weight is 256 g/mol. The van der Waals surface area contributed by atoms with E-state index in [9.17, 15) is 0 Å². The number of benzene rings is 2. The van der Waals surface area contributed by atoms with Gasteiger partial charge in [0.1, 0.15) is 5.75 Å². The maximum absolute atomic E-state index is 5.72. The second kappa shape index (κ2) is 6.14. The Kier molecular flexibility index (Phi) is 4.29. The van der Waals surface area contributed by atoms with E-state index in [0.29, 0.717) is 0 Å². The van der Waals surface area contributed by atoms with Crippen LogP contribution in [0.4, 0.5) is 11.4 Å². The maximum Gasteiger partial charge on any atom is 0.118 e. The SMILES string of the molecule is CCN(Cc1ccc(OC)cc1)c1ccc(N)cc1. The number of hydrogen-bond donors (Lipinski definition) is 1. The highest BCUT2D eigenvalue weighted by atomic mass is 16.5. The van der Waals surface area contributed by atoms with Crippen LogP contribution in [0.1, 0.15) is 12.5 Å². The van der Waals surface area contributed by atoms with Crippen LogP contribution in [0.25, 0.3) is 0 Å². The van der Waals surface area contributed by atoms with Crippen LogP contribution in [0.3, 0.4) is 0 Å². The summed E-state index contributed by atoms with van der Waals surface area (Å²) in [5.74, 6) is 0.888. The Morgan fingerprint density at radius 1 is 1.00 bits per heavy atom. The maximum atomic E-state index is 5.72. The monoisotopic (exact) mass is 256 g/mol. The molecule has 0 unspecified atom stereocenters. The molecule has 19 heavy (non-hydrogen) atoms. The standard InChI is InChI=1S/C16H20N2O/c1-3-18(15-8-6-14(17)7-9-15)12-13-4-10-16(19-2)11-5-13/h4-11H,3,12,17H2,1-2H3. The minimum Gasteiger partial charge on any atom is -0.497 e. The van der Waals surface area contributed by atoms with Gasteiger partial charge in [0, 0.05) is 24.5 Å². The molecule has 0 aromatic heterocycles. The van der Waals surface area contributed by atoms with Gasteiger partial charge in [0.15, 0.2) is 0 Å². The largest absolute Gasteiger partial charge is 0.497 e. The van der Waals surface area contributed by atoms with Gasteiger partial charge in [-0.3, -0.25) is 0 Å². The third kappa shape index (κ3) is 3.41. The van der Waals surface area contributed by atoms with Crippen LogP contribution in [0.2, 0.25) is 0 Å². The van der Waals surface area contributed by atoms with Gasteiger partial charge in [-0.1, -0.05) is 12.1 Å². The lowest BCUT2D eigenvalue weighted by atomic mass is 10.2. The molecular formula is C16H20N2O. The zero-order valence-corrected chi connectivity index (χ0v) is 11.5. The van der Waals surface area contributed by atoms with Crippen molar-refractivity contribution < 1.29 is 4.74 Å². The van der Waals surface area contributed by atoms with Crippen molar-refractivity contribution in [3.05, 3.63) is 54.1 Å². The zero-order valence-electron chi connectivity index (χ0n) is 11.5. The molecule has 0 bridgehead atoms. The number of ether oxygens (including phenoxy) is 1. The summed E-state index contributed by atoms with van der Waals surface area (Å²) >= 11 is 0. The van der Waals surface area contributed by atoms with E-state index in [0.717, 1.165) is 24.5 Å². The summed E-state index contributed by atoms with van der Waals surface area (Å²) in [6.45, 7) is 3.99. The minimum absolute atomic E-state index is 0.796. The lowest BCUT2D eigenvalue weighted by molar-refractivity contribution is 0.414. The predicted octanol–water partition coefficient (Wildman–Crippen LogP) is 3.30. The third-order valence-corrected chi connectivity index (χ3v) is 3.17. The predicted molar refractivity (Wildman–Crippen MR) is 80.6 cm³/mol. The summed E-state index contributed by atoms with van der Waals surface area (Å²) in [4.78, 5) is 2.31. The van der Waals surface area contributed by atoms with Crippen molar-refractivity contribution in [3.63, 3.8) is 0 Å². The lowest BCUT2D eigenvalue weighted by Gasteiger charge is -2.23. The second-order valence-electron chi connectivity index (χ2n) is 4.45. The van der Waals surface area contributed by atoms with Gasteiger partial charge in [-0.05, 0) is 48.9 Å². The Morgan fingerprint density at radius 2 is 1.63 bits per heavy atom. The first kappa shape index (κ1) is 13.3. The lowest BCUT2D eigenvalue weighted by Crippen LogP contribution is -2.21. The number of rotatable bonds is 5.